The van der Waals surface area contributed by atoms with Gasteiger partial charge in [0, 0.05) is 23.4 Å². The molecule has 1 spiro atoms. The zero-order valence-corrected chi connectivity index (χ0v) is 12.4. The van der Waals surface area contributed by atoms with Gasteiger partial charge >= 0.3 is 6.03 Å². The van der Waals surface area contributed by atoms with E-state index in [-0.39, 0.29) is 18.5 Å². The van der Waals surface area contributed by atoms with E-state index < -0.39 is 5.54 Å². The number of urea groups is 1. The fraction of sp³-hybridized carbons (Fsp3) is 0.462. The molecule has 3 amide bonds. The largest absolute Gasteiger partial charge is 0.325 e. The number of carbonyl (C=O) groups excluding carboxylic acids is 2. The molecule has 1 unspecified atom stereocenters. The van der Waals surface area contributed by atoms with Gasteiger partial charge in [0.15, 0.2) is 0 Å². The Hall–Kier alpha value is -1.47. The number of amides is 3. The molecule has 0 radical (unpaired) electrons. The second kappa shape index (κ2) is 5.14. The van der Waals surface area contributed by atoms with Gasteiger partial charge in [0.25, 0.3) is 5.91 Å². The summed E-state index contributed by atoms with van der Waals surface area (Å²) < 4.78 is 0.830. The number of nitrogens with one attached hydrogen (secondary N) is 2. The Bertz CT molecular complexity index is 557. The Morgan fingerprint density at radius 2 is 2.25 bits per heavy atom. The molecule has 3 heterocycles. The van der Waals surface area contributed by atoms with E-state index in [9.17, 15) is 9.59 Å². The molecular weight excluding hydrogens is 324 g/mol. The minimum Gasteiger partial charge on any atom is -0.322 e. The van der Waals surface area contributed by atoms with E-state index in [0.717, 1.165) is 23.0 Å². The molecule has 0 aromatic carbocycles. The number of aromatic nitrogens is 1. The zero-order valence-electron chi connectivity index (χ0n) is 10.9. The van der Waals surface area contributed by atoms with E-state index in [1.807, 2.05) is 6.07 Å². The van der Waals surface area contributed by atoms with Crippen LogP contribution in [0.4, 0.5) is 4.79 Å². The van der Waals surface area contributed by atoms with Gasteiger partial charge in [0.1, 0.15) is 5.54 Å². The van der Waals surface area contributed by atoms with Crippen LogP contribution in [-0.4, -0.2) is 40.5 Å². The van der Waals surface area contributed by atoms with Gasteiger partial charge in [-0.2, -0.15) is 0 Å². The number of nitrogens with zero attached hydrogens (tertiary/aromatic N) is 2. The lowest BCUT2D eigenvalue weighted by atomic mass is 9.90. The number of imide groups is 1. The third-order valence-electron chi connectivity index (χ3n) is 3.73. The highest BCUT2D eigenvalue weighted by Gasteiger charge is 2.51. The van der Waals surface area contributed by atoms with Crippen molar-refractivity contribution in [2.24, 2.45) is 0 Å². The van der Waals surface area contributed by atoms with Crippen molar-refractivity contribution in [1.29, 1.82) is 0 Å². The van der Waals surface area contributed by atoms with Crippen LogP contribution in [0.2, 0.25) is 0 Å². The van der Waals surface area contributed by atoms with Gasteiger partial charge in [-0.15, -0.1) is 0 Å². The first-order valence-corrected chi connectivity index (χ1v) is 7.34. The highest BCUT2D eigenvalue weighted by Crippen LogP contribution is 2.26. The Morgan fingerprint density at radius 1 is 1.40 bits per heavy atom. The summed E-state index contributed by atoms with van der Waals surface area (Å²) in [6, 6.07) is 1.54. The minimum absolute atomic E-state index is 0.144. The summed E-state index contributed by atoms with van der Waals surface area (Å²) in [6.07, 6.45) is 4.91. The van der Waals surface area contributed by atoms with Crippen LogP contribution in [0, 0.1) is 0 Å². The molecule has 2 fully saturated rings. The molecule has 0 bridgehead atoms. The van der Waals surface area contributed by atoms with Crippen LogP contribution in [0.1, 0.15) is 18.4 Å². The predicted octanol–water partition coefficient (Wildman–Crippen LogP) is 1.02. The normalized spacial score (nSPS) is 26.1. The number of hydrogen-bond donors (Lipinski definition) is 2. The molecule has 6 nitrogen and oxygen atoms in total. The maximum Gasteiger partial charge on any atom is 0.325 e. The molecule has 2 aliphatic rings. The Labute approximate surface area is 125 Å². The minimum atomic E-state index is -0.755. The van der Waals surface area contributed by atoms with Crippen molar-refractivity contribution in [3.63, 3.8) is 0 Å². The molecule has 2 aliphatic heterocycles. The van der Waals surface area contributed by atoms with Crippen molar-refractivity contribution in [3.8, 4) is 0 Å². The zero-order chi connectivity index (χ0) is 14.2. The topological polar surface area (TPSA) is 74.3 Å². The first-order chi connectivity index (χ1) is 9.61. The van der Waals surface area contributed by atoms with E-state index in [0.29, 0.717) is 13.0 Å². The lowest BCUT2D eigenvalue weighted by Crippen LogP contribution is -2.57. The van der Waals surface area contributed by atoms with E-state index >= 15 is 0 Å². The third kappa shape index (κ3) is 2.31. The fourth-order valence-corrected chi connectivity index (χ4v) is 3.15. The molecular formula is C13H15BrN4O2. The van der Waals surface area contributed by atoms with Gasteiger partial charge in [-0.25, -0.2) is 4.79 Å². The summed E-state index contributed by atoms with van der Waals surface area (Å²) in [5.41, 5.74) is 0.0677. The van der Waals surface area contributed by atoms with Gasteiger partial charge in [-0.1, -0.05) is 0 Å². The second-order valence-electron chi connectivity index (χ2n) is 5.20. The molecule has 0 saturated carbocycles. The van der Waals surface area contributed by atoms with Crippen LogP contribution < -0.4 is 10.6 Å². The molecule has 3 rings (SSSR count). The van der Waals surface area contributed by atoms with Crippen LogP contribution in [0.5, 0.6) is 0 Å². The summed E-state index contributed by atoms with van der Waals surface area (Å²) in [7, 11) is 0. The highest BCUT2D eigenvalue weighted by atomic mass is 79.9. The first kappa shape index (κ1) is 13.5. The lowest BCUT2D eigenvalue weighted by Gasteiger charge is -2.31. The van der Waals surface area contributed by atoms with Crippen molar-refractivity contribution < 1.29 is 9.59 Å². The Balaban J connectivity index is 1.80. The fourth-order valence-electron chi connectivity index (χ4n) is 2.74. The van der Waals surface area contributed by atoms with Crippen molar-refractivity contribution in [1.82, 2.24) is 20.5 Å². The van der Waals surface area contributed by atoms with Crippen LogP contribution >= 0.6 is 15.9 Å². The van der Waals surface area contributed by atoms with Crippen LogP contribution in [-0.2, 0) is 11.3 Å². The third-order valence-corrected chi connectivity index (χ3v) is 4.17. The van der Waals surface area contributed by atoms with E-state index in [1.54, 1.807) is 12.4 Å². The second-order valence-corrected chi connectivity index (χ2v) is 6.11. The molecule has 1 aromatic heterocycles. The van der Waals surface area contributed by atoms with Crippen LogP contribution in [0.25, 0.3) is 0 Å². The SMILES string of the molecule is O=C1NC2(CCCNC2)C(=O)N1Cc1cncc(Br)c1. The summed E-state index contributed by atoms with van der Waals surface area (Å²) in [5, 5.41) is 6.03. The molecule has 7 heteroatoms. The van der Waals surface area contributed by atoms with E-state index in [2.05, 4.69) is 31.5 Å². The molecule has 20 heavy (non-hydrogen) atoms. The van der Waals surface area contributed by atoms with Crippen LogP contribution in [0.15, 0.2) is 22.9 Å². The monoisotopic (exact) mass is 338 g/mol. The molecule has 2 N–H and O–H groups in total. The molecule has 0 aliphatic carbocycles. The number of halogens is 1. The van der Waals surface area contributed by atoms with Gasteiger partial charge in [0.2, 0.25) is 0 Å². The molecule has 1 aromatic rings. The van der Waals surface area contributed by atoms with Gasteiger partial charge in [-0.3, -0.25) is 14.7 Å². The highest BCUT2D eigenvalue weighted by molar-refractivity contribution is 9.10. The first-order valence-electron chi connectivity index (χ1n) is 6.55. The number of piperidine rings is 1. The summed E-state index contributed by atoms with van der Waals surface area (Å²) in [5.74, 6) is -0.144. The molecule has 1 atom stereocenters. The lowest BCUT2D eigenvalue weighted by molar-refractivity contribution is -0.132. The number of pyridine rings is 1. The Morgan fingerprint density at radius 3 is 2.95 bits per heavy atom. The summed E-state index contributed by atoms with van der Waals surface area (Å²) in [4.78, 5) is 30.0. The number of hydrogen-bond acceptors (Lipinski definition) is 4. The molecule has 2 saturated heterocycles. The average Bonchev–Trinajstić information content (AvgIpc) is 2.64. The van der Waals surface area contributed by atoms with Gasteiger partial charge < -0.3 is 10.6 Å². The molecule has 106 valence electrons. The number of carbonyl (C=O) groups is 2. The maximum absolute atomic E-state index is 12.6. The summed E-state index contributed by atoms with van der Waals surface area (Å²) in [6.45, 7) is 1.64. The van der Waals surface area contributed by atoms with Crippen LogP contribution in [0.3, 0.4) is 0 Å². The average molecular weight is 339 g/mol. The van der Waals surface area contributed by atoms with Crippen molar-refractivity contribution in [2.45, 2.75) is 24.9 Å². The van der Waals surface area contributed by atoms with Crippen molar-refractivity contribution in [3.05, 3.63) is 28.5 Å². The quantitative estimate of drug-likeness (QED) is 0.789. The standard InChI is InChI=1S/C13H15BrN4O2/c14-10-4-9(5-16-6-10)7-18-11(19)13(17-12(18)20)2-1-3-15-8-13/h4-6,15H,1-3,7-8H2,(H,17,20). The maximum atomic E-state index is 12.6. The smallest absolute Gasteiger partial charge is 0.322 e. The predicted molar refractivity (Wildman–Crippen MR) is 75.9 cm³/mol. The van der Waals surface area contributed by atoms with Gasteiger partial charge in [0.05, 0.1) is 6.54 Å². The van der Waals surface area contributed by atoms with Crippen molar-refractivity contribution >= 4 is 27.9 Å². The Kier molecular flexibility index (Phi) is 3.47. The van der Waals surface area contributed by atoms with E-state index in [1.165, 1.54) is 4.90 Å². The number of rotatable bonds is 2. The summed E-state index contributed by atoms with van der Waals surface area (Å²) >= 11 is 3.34. The van der Waals surface area contributed by atoms with E-state index in [4.69, 9.17) is 0 Å². The van der Waals surface area contributed by atoms with Crippen molar-refractivity contribution in [2.75, 3.05) is 13.1 Å². The van der Waals surface area contributed by atoms with Gasteiger partial charge in [-0.05, 0) is 46.9 Å².